The molecule has 1 aromatic carbocycles. The summed E-state index contributed by atoms with van der Waals surface area (Å²) in [4.78, 5) is 24.6. The quantitative estimate of drug-likeness (QED) is 0.933. The van der Waals surface area contributed by atoms with Crippen LogP contribution in [-0.2, 0) is 4.74 Å². The third-order valence-corrected chi connectivity index (χ3v) is 4.97. The molecule has 25 heavy (non-hydrogen) atoms. The fourth-order valence-corrected chi connectivity index (χ4v) is 3.57. The Bertz CT molecular complexity index is 734. The lowest BCUT2D eigenvalue weighted by Crippen LogP contribution is -2.42. The van der Waals surface area contributed by atoms with Gasteiger partial charge in [0.15, 0.2) is 0 Å². The zero-order valence-corrected chi connectivity index (χ0v) is 14.6. The molecular weight excluding hydrogens is 316 g/mol. The van der Waals surface area contributed by atoms with Gasteiger partial charge >= 0.3 is 0 Å². The van der Waals surface area contributed by atoms with Crippen molar-refractivity contribution >= 4 is 11.6 Å². The highest BCUT2D eigenvalue weighted by molar-refractivity contribution is 5.94. The molecule has 132 valence electrons. The summed E-state index contributed by atoms with van der Waals surface area (Å²) in [6.07, 6.45) is 4.11. The third kappa shape index (κ3) is 3.39. The molecule has 2 fully saturated rings. The first kappa shape index (κ1) is 16.1. The molecule has 2 saturated heterocycles. The number of H-pyrrole nitrogens is 1. The van der Waals surface area contributed by atoms with Gasteiger partial charge < -0.3 is 19.5 Å². The largest absolute Gasteiger partial charge is 0.372 e. The number of carbonyl (C=O) groups is 1. The maximum Gasteiger partial charge on any atom is 0.254 e. The Morgan fingerprint density at radius 3 is 2.64 bits per heavy atom. The maximum absolute atomic E-state index is 12.8. The standard InChI is InChI=1S/C19H24N4O2/c1-14-12-20-18(21-14)17-13-23(10-11-25-17)19(24)15-4-6-16(7-5-15)22-8-2-3-9-22/h4-7,12,17H,2-3,8-11,13H2,1H3,(H,20,21)/t17-/m0/s1. The molecule has 0 aliphatic carbocycles. The molecule has 1 N–H and O–H groups in total. The number of aryl methyl sites for hydroxylation is 1. The van der Waals surface area contributed by atoms with Crippen LogP contribution in [0.2, 0.25) is 0 Å². The van der Waals surface area contributed by atoms with E-state index in [1.807, 2.05) is 24.0 Å². The van der Waals surface area contributed by atoms with E-state index in [9.17, 15) is 4.79 Å². The SMILES string of the molecule is Cc1cnc([C@@H]2CN(C(=O)c3ccc(N4CCCC4)cc3)CCO2)[nH]1. The van der Waals surface area contributed by atoms with Gasteiger partial charge in [-0.2, -0.15) is 0 Å². The molecule has 2 aliphatic heterocycles. The van der Waals surface area contributed by atoms with E-state index in [1.165, 1.54) is 18.5 Å². The summed E-state index contributed by atoms with van der Waals surface area (Å²) in [7, 11) is 0. The Morgan fingerprint density at radius 2 is 1.96 bits per heavy atom. The first-order valence-corrected chi connectivity index (χ1v) is 8.98. The molecule has 4 rings (SSSR count). The molecule has 6 heteroatoms. The predicted octanol–water partition coefficient (Wildman–Crippen LogP) is 2.53. The second kappa shape index (κ2) is 6.88. The zero-order chi connectivity index (χ0) is 17.2. The van der Waals surface area contributed by atoms with Crippen molar-refractivity contribution in [2.24, 2.45) is 0 Å². The number of hydrogen-bond donors (Lipinski definition) is 1. The van der Waals surface area contributed by atoms with Crippen molar-refractivity contribution in [3.63, 3.8) is 0 Å². The molecule has 0 unspecified atom stereocenters. The van der Waals surface area contributed by atoms with Crippen LogP contribution >= 0.6 is 0 Å². The number of nitrogens with zero attached hydrogens (tertiary/aromatic N) is 3. The van der Waals surface area contributed by atoms with Gasteiger partial charge in [0.1, 0.15) is 11.9 Å². The molecule has 1 atom stereocenters. The molecule has 2 aliphatic rings. The number of aromatic nitrogens is 2. The van der Waals surface area contributed by atoms with E-state index in [4.69, 9.17) is 4.74 Å². The van der Waals surface area contributed by atoms with Gasteiger partial charge in [0.25, 0.3) is 5.91 Å². The second-order valence-corrected chi connectivity index (χ2v) is 6.80. The number of nitrogens with one attached hydrogen (secondary N) is 1. The van der Waals surface area contributed by atoms with Crippen molar-refractivity contribution in [3.8, 4) is 0 Å². The van der Waals surface area contributed by atoms with E-state index in [-0.39, 0.29) is 12.0 Å². The number of aromatic amines is 1. The number of imidazole rings is 1. The third-order valence-electron chi connectivity index (χ3n) is 4.97. The average Bonchev–Trinajstić information content (AvgIpc) is 3.33. The number of morpholine rings is 1. The van der Waals surface area contributed by atoms with Crippen molar-refractivity contribution < 1.29 is 9.53 Å². The molecule has 0 radical (unpaired) electrons. The van der Waals surface area contributed by atoms with Crippen molar-refractivity contribution in [2.75, 3.05) is 37.7 Å². The number of ether oxygens (including phenoxy) is 1. The minimum absolute atomic E-state index is 0.0598. The van der Waals surface area contributed by atoms with Gasteiger partial charge in [-0.05, 0) is 44.0 Å². The molecule has 1 aromatic heterocycles. The van der Waals surface area contributed by atoms with Gasteiger partial charge in [-0.3, -0.25) is 4.79 Å². The van der Waals surface area contributed by atoms with Crippen LogP contribution in [-0.4, -0.2) is 53.6 Å². The van der Waals surface area contributed by atoms with Crippen LogP contribution in [0.3, 0.4) is 0 Å². The lowest BCUT2D eigenvalue weighted by Gasteiger charge is -2.32. The Morgan fingerprint density at radius 1 is 1.20 bits per heavy atom. The van der Waals surface area contributed by atoms with Crippen LogP contribution in [0.15, 0.2) is 30.5 Å². The molecule has 3 heterocycles. The molecule has 0 bridgehead atoms. The Hall–Kier alpha value is -2.34. The summed E-state index contributed by atoms with van der Waals surface area (Å²) in [6.45, 7) is 5.86. The molecular formula is C19H24N4O2. The van der Waals surface area contributed by atoms with Gasteiger partial charge in [-0.15, -0.1) is 0 Å². The zero-order valence-electron chi connectivity index (χ0n) is 14.6. The lowest BCUT2D eigenvalue weighted by atomic mass is 10.1. The van der Waals surface area contributed by atoms with Crippen LogP contribution in [0, 0.1) is 6.92 Å². The minimum Gasteiger partial charge on any atom is -0.372 e. The first-order chi connectivity index (χ1) is 12.2. The van der Waals surface area contributed by atoms with Gasteiger partial charge in [0.05, 0.1) is 13.2 Å². The average molecular weight is 340 g/mol. The smallest absolute Gasteiger partial charge is 0.254 e. The molecule has 2 aromatic rings. The van der Waals surface area contributed by atoms with Gasteiger partial charge in [0.2, 0.25) is 0 Å². The van der Waals surface area contributed by atoms with Crippen molar-refractivity contribution in [3.05, 3.63) is 47.5 Å². The number of anilines is 1. The van der Waals surface area contributed by atoms with Gasteiger partial charge in [-0.1, -0.05) is 0 Å². The lowest BCUT2D eigenvalue weighted by molar-refractivity contribution is -0.0264. The van der Waals surface area contributed by atoms with E-state index < -0.39 is 0 Å². The number of benzene rings is 1. The molecule has 6 nitrogen and oxygen atoms in total. The number of rotatable bonds is 3. The highest BCUT2D eigenvalue weighted by atomic mass is 16.5. The predicted molar refractivity (Wildman–Crippen MR) is 95.8 cm³/mol. The molecule has 1 amide bonds. The second-order valence-electron chi connectivity index (χ2n) is 6.80. The highest BCUT2D eigenvalue weighted by Crippen LogP contribution is 2.23. The first-order valence-electron chi connectivity index (χ1n) is 8.98. The summed E-state index contributed by atoms with van der Waals surface area (Å²) in [6, 6.07) is 8.01. The van der Waals surface area contributed by atoms with Crippen LogP contribution in [0.1, 0.15) is 40.8 Å². The van der Waals surface area contributed by atoms with E-state index >= 15 is 0 Å². The van der Waals surface area contributed by atoms with Crippen molar-refractivity contribution in [1.29, 1.82) is 0 Å². The summed E-state index contributed by atoms with van der Waals surface area (Å²) in [5.74, 6) is 0.851. The summed E-state index contributed by atoms with van der Waals surface area (Å²) in [5, 5.41) is 0. The fourth-order valence-electron chi connectivity index (χ4n) is 3.57. The van der Waals surface area contributed by atoms with E-state index in [2.05, 4.69) is 27.0 Å². The van der Waals surface area contributed by atoms with E-state index in [1.54, 1.807) is 6.20 Å². The van der Waals surface area contributed by atoms with E-state index in [0.717, 1.165) is 30.2 Å². The Labute approximate surface area is 147 Å². The van der Waals surface area contributed by atoms with Gasteiger partial charge in [0, 0.05) is 42.8 Å². The summed E-state index contributed by atoms with van der Waals surface area (Å²) < 4.78 is 5.79. The normalized spacial score (nSPS) is 20.9. The summed E-state index contributed by atoms with van der Waals surface area (Å²) >= 11 is 0. The minimum atomic E-state index is -0.185. The maximum atomic E-state index is 12.8. The van der Waals surface area contributed by atoms with E-state index in [0.29, 0.717) is 19.7 Å². The highest BCUT2D eigenvalue weighted by Gasteiger charge is 2.27. The molecule has 0 spiro atoms. The van der Waals surface area contributed by atoms with Crippen LogP contribution < -0.4 is 4.90 Å². The Kier molecular flexibility index (Phi) is 4.44. The molecule has 0 saturated carbocycles. The van der Waals surface area contributed by atoms with Crippen LogP contribution in [0.5, 0.6) is 0 Å². The fraction of sp³-hybridized carbons (Fsp3) is 0.474. The van der Waals surface area contributed by atoms with Crippen LogP contribution in [0.25, 0.3) is 0 Å². The summed E-state index contributed by atoms with van der Waals surface area (Å²) in [5.41, 5.74) is 2.94. The van der Waals surface area contributed by atoms with Crippen molar-refractivity contribution in [2.45, 2.75) is 25.9 Å². The number of carbonyl (C=O) groups excluding carboxylic acids is 1. The number of hydrogen-bond acceptors (Lipinski definition) is 4. The Balaban J connectivity index is 1.44. The monoisotopic (exact) mass is 340 g/mol. The van der Waals surface area contributed by atoms with Crippen molar-refractivity contribution in [1.82, 2.24) is 14.9 Å². The number of amides is 1. The van der Waals surface area contributed by atoms with Gasteiger partial charge in [-0.25, -0.2) is 4.98 Å². The topological polar surface area (TPSA) is 61.5 Å². The van der Waals surface area contributed by atoms with Crippen LogP contribution in [0.4, 0.5) is 5.69 Å².